The van der Waals surface area contributed by atoms with Crippen LogP contribution in [0.25, 0.3) is 0 Å². The molecule has 1 aromatic rings. The number of rotatable bonds is 2. The van der Waals surface area contributed by atoms with Gasteiger partial charge in [-0.05, 0) is 45.6 Å². The molecule has 1 aromatic carbocycles. The van der Waals surface area contributed by atoms with Crippen molar-refractivity contribution in [2.24, 2.45) is 0 Å². The lowest BCUT2D eigenvalue weighted by Crippen LogP contribution is -2.41. The van der Waals surface area contributed by atoms with Crippen molar-refractivity contribution in [2.75, 3.05) is 0 Å². The molecule has 18 heavy (non-hydrogen) atoms. The first-order valence-electron chi connectivity index (χ1n) is 6.32. The molecule has 0 N–H and O–H groups in total. The van der Waals surface area contributed by atoms with E-state index in [4.69, 9.17) is 9.31 Å². The second kappa shape index (κ2) is 4.35. The topological polar surface area (TPSA) is 18.5 Å². The number of hydrogen-bond donors (Lipinski definition) is 0. The molecule has 0 spiro atoms. The van der Waals surface area contributed by atoms with Gasteiger partial charge >= 0.3 is 7.12 Å². The van der Waals surface area contributed by atoms with Gasteiger partial charge in [-0.15, -0.1) is 0 Å². The minimum Gasteiger partial charge on any atom is -0.399 e. The van der Waals surface area contributed by atoms with Gasteiger partial charge in [0.15, 0.2) is 0 Å². The van der Waals surface area contributed by atoms with Gasteiger partial charge in [0.25, 0.3) is 0 Å². The van der Waals surface area contributed by atoms with E-state index in [2.05, 4.69) is 0 Å². The molecule has 0 radical (unpaired) electrons. The lowest BCUT2D eigenvalue weighted by molar-refractivity contribution is 0.00578. The van der Waals surface area contributed by atoms with Crippen LogP contribution in [0.3, 0.4) is 0 Å². The third-order valence-corrected chi connectivity index (χ3v) is 3.90. The fourth-order valence-electron chi connectivity index (χ4n) is 1.93. The predicted molar refractivity (Wildman–Crippen MR) is 71.7 cm³/mol. The number of halogens is 1. The molecule has 0 aliphatic carbocycles. The number of hydrogen-bond acceptors (Lipinski definition) is 2. The van der Waals surface area contributed by atoms with E-state index >= 15 is 0 Å². The summed E-state index contributed by atoms with van der Waals surface area (Å²) in [5.74, 6) is 0. The quantitative estimate of drug-likeness (QED) is 0.751. The van der Waals surface area contributed by atoms with Gasteiger partial charge in [0.2, 0.25) is 0 Å². The zero-order valence-corrected chi connectivity index (χ0v) is 11.7. The molecule has 98 valence electrons. The minimum atomic E-state index is -0.979. The van der Waals surface area contributed by atoms with Crippen molar-refractivity contribution in [1.29, 1.82) is 0 Å². The Morgan fingerprint density at radius 2 is 1.67 bits per heavy atom. The zero-order valence-electron chi connectivity index (χ0n) is 11.7. The molecule has 2 nitrogen and oxygen atoms in total. The Balaban J connectivity index is 2.27. The summed E-state index contributed by atoms with van der Waals surface area (Å²) in [7, 11) is -0.423. The van der Waals surface area contributed by atoms with E-state index in [1.54, 1.807) is 6.07 Å². The molecule has 4 heteroatoms. The van der Waals surface area contributed by atoms with Crippen LogP contribution in [0.1, 0.15) is 46.4 Å². The standard InChI is InChI=1S/C14H20BFO2/c1-10(16)11-7-6-8-12(9-11)15-17-13(2,3)14(4,5)18-15/h6-10H,1-5H3. The van der Waals surface area contributed by atoms with E-state index in [1.807, 2.05) is 45.9 Å². The van der Waals surface area contributed by atoms with Gasteiger partial charge in [-0.25, -0.2) is 4.39 Å². The molecule has 1 atom stereocenters. The third kappa shape index (κ3) is 2.32. The van der Waals surface area contributed by atoms with Crippen LogP contribution in [-0.2, 0) is 9.31 Å². The van der Waals surface area contributed by atoms with Crippen molar-refractivity contribution >= 4 is 12.6 Å². The molecule has 1 fully saturated rings. The van der Waals surface area contributed by atoms with Crippen LogP contribution < -0.4 is 5.46 Å². The minimum absolute atomic E-state index is 0.366. The van der Waals surface area contributed by atoms with E-state index in [0.29, 0.717) is 5.56 Å². The summed E-state index contributed by atoms with van der Waals surface area (Å²) < 4.78 is 25.2. The molecular formula is C14H20BFO2. The van der Waals surface area contributed by atoms with Crippen LogP contribution >= 0.6 is 0 Å². The maximum atomic E-state index is 13.3. The molecule has 1 aliphatic rings. The van der Waals surface area contributed by atoms with E-state index in [-0.39, 0.29) is 11.2 Å². The lowest BCUT2D eigenvalue weighted by Gasteiger charge is -2.32. The third-order valence-electron chi connectivity index (χ3n) is 3.90. The van der Waals surface area contributed by atoms with Crippen LogP contribution in [0.5, 0.6) is 0 Å². The first-order valence-corrected chi connectivity index (χ1v) is 6.32. The molecule has 1 heterocycles. The summed E-state index contributed by atoms with van der Waals surface area (Å²) in [4.78, 5) is 0. The van der Waals surface area contributed by atoms with Gasteiger partial charge in [0, 0.05) is 0 Å². The van der Waals surface area contributed by atoms with E-state index in [1.165, 1.54) is 6.92 Å². The maximum absolute atomic E-state index is 13.3. The molecular weight excluding hydrogens is 230 g/mol. The first kappa shape index (κ1) is 13.6. The van der Waals surface area contributed by atoms with Crippen LogP contribution in [0.2, 0.25) is 0 Å². The highest BCUT2D eigenvalue weighted by Crippen LogP contribution is 2.36. The molecule has 2 rings (SSSR count). The summed E-state index contributed by atoms with van der Waals surface area (Å²) in [6.07, 6.45) is -0.979. The first-order chi connectivity index (χ1) is 8.23. The van der Waals surface area contributed by atoms with Crippen molar-refractivity contribution in [3.63, 3.8) is 0 Å². The Morgan fingerprint density at radius 3 is 2.17 bits per heavy atom. The molecule has 0 amide bonds. The summed E-state index contributed by atoms with van der Waals surface area (Å²) in [5.41, 5.74) is 0.794. The van der Waals surface area contributed by atoms with Crippen molar-refractivity contribution in [3.8, 4) is 0 Å². The molecule has 1 saturated heterocycles. The highest BCUT2D eigenvalue weighted by Gasteiger charge is 2.51. The average Bonchev–Trinajstić information content (AvgIpc) is 2.48. The van der Waals surface area contributed by atoms with Gasteiger partial charge in [-0.3, -0.25) is 0 Å². The smallest absolute Gasteiger partial charge is 0.399 e. The van der Waals surface area contributed by atoms with Gasteiger partial charge < -0.3 is 9.31 Å². The Morgan fingerprint density at radius 1 is 1.11 bits per heavy atom. The molecule has 0 saturated carbocycles. The second-order valence-electron chi connectivity index (χ2n) is 5.87. The van der Waals surface area contributed by atoms with E-state index in [0.717, 1.165) is 5.46 Å². The summed E-state index contributed by atoms with van der Waals surface area (Å²) in [6.45, 7) is 9.57. The SMILES string of the molecule is CC(F)c1cccc(B2OC(C)(C)C(C)(C)O2)c1. The van der Waals surface area contributed by atoms with Crippen LogP contribution in [0.4, 0.5) is 4.39 Å². The fraction of sp³-hybridized carbons (Fsp3) is 0.571. The van der Waals surface area contributed by atoms with Crippen molar-refractivity contribution in [1.82, 2.24) is 0 Å². The Kier molecular flexibility index (Phi) is 3.28. The second-order valence-corrected chi connectivity index (χ2v) is 5.87. The largest absolute Gasteiger partial charge is 0.494 e. The normalized spacial score (nSPS) is 23.1. The molecule has 1 aliphatic heterocycles. The van der Waals surface area contributed by atoms with Crippen LogP contribution in [-0.4, -0.2) is 18.3 Å². The highest BCUT2D eigenvalue weighted by molar-refractivity contribution is 6.62. The van der Waals surface area contributed by atoms with Crippen LogP contribution in [0, 0.1) is 0 Å². The van der Waals surface area contributed by atoms with Gasteiger partial charge in [-0.1, -0.05) is 24.3 Å². The molecule has 0 bridgehead atoms. The highest BCUT2D eigenvalue weighted by atomic mass is 19.1. The predicted octanol–water partition coefficient (Wildman–Crippen LogP) is 3.02. The Bertz CT molecular complexity index is 427. The van der Waals surface area contributed by atoms with Gasteiger partial charge in [0.05, 0.1) is 11.2 Å². The van der Waals surface area contributed by atoms with Crippen molar-refractivity contribution in [3.05, 3.63) is 29.8 Å². The summed E-state index contributed by atoms with van der Waals surface area (Å²) in [6, 6.07) is 7.34. The summed E-state index contributed by atoms with van der Waals surface area (Å²) in [5, 5.41) is 0. The maximum Gasteiger partial charge on any atom is 0.494 e. The van der Waals surface area contributed by atoms with E-state index < -0.39 is 13.3 Å². The number of benzene rings is 1. The number of alkyl halides is 1. The van der Waals surface area contributed by atoms with Gasteiger partial charge in [-0.2, -0.15) is 0 Å². The van der Waals surface area contributed by atoms with Crippen molar-refractivity contribution in [2.45, 2.75) is 52.0 Å². The van der Waals surface area contributed by atoms with E-state index in [9.17, 15) is 4.39 Å². The molecule has 1 unspecified atom stereocenters. The monoisotopic (exact) mass is 250 g/mol. The molecule has 0 aromatic heterocycles. The summed E-state index contributed by atoms with van der Waals surface area (Å²) >= 11 is 0. The lowest BCUT2D eigenvalue weighted by atomic mass is 9.78. The fourth-order valence-corrected chi connectivity index (χ4v) is 1.93. The Hall–Kier alpha value is -0.865. The van der Waals surface area contributed by atoms with Crippen LogP contribution in [0.15, 0.2) is 24.3 Å². The average molecular weight is 250 g/mol. The zero-order chi connectivity index (χ0) is 13.6. The van der Waals surface area contributed by atoms with Gasteiger partial charge in [0.1, 0.15) is 6.17 Å². The van der Waals surface area contributed by atoms with Crippen molar-refractivity contribution < 1.29 is 13.7 Å². The Labute approximate surface area is 109 Å².